The number of rotatable bonds is 4. The first-order chi connectivity index (χ1) is 17.0. The number of carbonyl (C=O) groups is 2. The predicted octanol–water partition coefficient (Wildman–Crippen LogP) is 3.31. The summed E-state index contributed by atoms with van der Waals surface area (Å²) in [7, 11) is 0. The molecule has 0 spiro atoms. The van der Waals surface area contributed by atoms with Gasteiger partial charge in [0.05, 0.1) is 6.04 Å². The Kier molecular flexibility index (Phi) is 6.16. The first-order valence-electron chi connectivity index (χ1n) is 12.1. The van der Waals surface area contributed by atoms with Crippen LogP contribution in [0.2, 0.25) is 0 Å². The Balaban J connectivity index is 1.61. The summed E-state index contributed by atoms with van der Waals surface area (Å²) in [6.45, 7) is 4.96. The minimum absolute atomic E-state index is 0.00347. The van der Waals surface area contributed by atoms with Crippen LogP contribution in [0.4, 0.5) is 0 Å². The smallest absolute Gasteiger partial charge is 0.274 e. The van der Waals surface area contributed by atoms with Crippen molar-refractivity contribution in [3.63, 3.8) is 0 Å². The molecule has 2 aliphatic heterocycles. The monoisotopic (exact) mass is 470 g/mol. The van der Waals surface area contributed by atoms with E-state index in [4.69, 9.17) is 0 Å². The van der Waals surface area contributed by atoms with Crippen molar-refractivity contribution >= 4 is 11.8 Å². The highest BCUT2D eigenvalue weighted by Crippen LogP contribution is 2.32. The minimum Gasteiger partial charge on any atom is -0.343 e. The maximum Gasteiger partial charge on any atom is 0.274 e. The van der Waals surface area contributed by atoms with E-state index in [9.17, 15) is 14.4 Å². The van der Waals surface area contributed by atoms with Crippen molar-refractivity contribution in [3.8, 4) is 0 Å². The zero-order chi connectivity index (χ0) is 24.5. The van der Waals surface area contributed by atoms with Gasteiger partial charge >= 0.3 is 0 Å². The molecule has 7 heteroatoms. The molecule has 0 aliphatic carbocycles. The van der Waals surface area contributed by atoms with E-state index in [1.54, 1.807) is 20.0 Å². The van der Waals surface area contributed by atoms with Crippen molar-refractivity contribution < 1.29 is 9.59 Å². The quantitative estimate of drug-likeness (QED) is 0.587. The largest absolute Gasteiger partial charge is 0.343 e. The zero-order valence-corrected chi connectivity index (χ0v) is 20.1. The average molecular weight is 471 g/mol. The van der Waals surface area contributed by atoms with E-state index in [1.807, 2.05) is 50.9 Å². The molecule has 1 saturated heterocycles. The van der Waals surface area contributed by atoms with Gasteiger partial charge in [-0.1, -0.05) is 60.7 Å². The third-order valence-electron chi connectivity index (χ3n) is 7.24. The van der Waals surface area contributed by atoms with Crippen LogP contribution in [-0.2, 0) is 4.79 Å². The highest BCUT2D eigenvalue weighted by molar-refractivity contribution is 5.95. The molecule has 0 radical (unpaired) electrons. The number of hydrogen-bond acceptors (Lipinski definition) is 4. The van der Waals surface area contributed by atoms with Gasteiger partial charge in [-0.05, 0) is 30.9 Å². The Morgan fingerprint density at radius 2 is 1.46 bits per heavy atom. The molecule has 2 aliphatic rings. The van der Waals surface area contributed by atoms with Crippen molar-refractivity contribution in [3.05, 3.63) is 106 Å². The summed E-state index contributed by atoms with van der Waals surface area (Å²) < 4.78 is 1.87. The molecule has 2 amide bonds. The Labute approximate surface area is 205 Å². The third kappa shape index (κ3) is 4.22. The first-order valence-corrected chi connectivity index (χ1v) is 12.1. The Bertz CT molecular complexity index is 1240. The van der Waals surface area contributed by atoms with Crippen LogP contribution in [0.25, 0.3) is 0 Å². The van der Waals surface area contributed by atoms with Crippen molar-refractivity contribution in [2.24, 2.45) is 0 Å². The normalized spacial score (nSPS) is 16.5. The second-order valence-electron chi connectivity index (χ2n) is 9.32. The molecule has 1 fully saturated rings. The fraction of sp³-hybridized carbons (Fsp3) is 0.321. The fourth-order valence-corrected chi connectivity index (χ4v) is 5.31. The number of carbonyl (C=O) groups excluding carboxylic acids is 2. The molecule has 35 heavy (non-hydrogen) atoms. The van der Waals surface area contributed by atoms with Crippen LogP contribution in [0, 0.1) is 6.92 Å². The molecular weight excluding hydrogens is 440 g/mol. The molecule has 180 valence electrons. The molecule has 0 saturated carbocycles. The molecule has 0 unspecified atom stereocenters. The van der Waals surface area contributed by atoms with E-state index in [-0.39, 0.29) is 29.3 Å². The van der Waals surface area contributed by atoms with Gasteiger partial charge in [0.25, 0.3) is 5.91 Å². The SMILES string of the molecule is CC(=O)N1CCC(N2CN(C(c3ccccc3)c3ccccc3)n3ccc(=O)c(C)c3C2=O)CC1. The predicted molar refractivity (Wildman–Crippen MR) is 135 cm³/mol. The number of fused-ring (bicyclic) bond motifs is 1. The van der Waals surface area contributed by atoms with Gasteiger partial charge in [0.1, 0.15) is 12.4 Å². The second kappa shape index (κ2) is 9.41. The summed E-state index contributed by atoms with van der Waals surface area (Å²) in [5.74, 6) is -0.0615. The number of benzene rings is 2. The van der Waals surface area contributed by atoms with Gasteiger partial charge in [-0.2, -0.15) is 0 Å². The van der Waals surface area contributed by atoms with Gasteiger partial charge in [0.2, 0.25) is 5.91 Å². The number of likely N-dealkylation sites (tertiary alicyclic amines) is 1. The number of piperidine rings is 1. The molecule has 2 aromatic carbocycles. The number of pyridine rings is 1. The van der Waals surface area contributed by atoms with Crippen molar-refractivity contribution in [2.75, 3.05) is 24.8 Å². The summed E-state index contributed by atoms with van der Waals surface area (Å²) in [5.41, 5.74) is 2.92. The number of hydrogen-bond donors (Lipinski definition) is 0. The summed E-state index contributed by atoms with van der Waals surface area (Å²) in [5, 5.41) is 2.17. The maximum absolute atomic E-state index is 13.8. The van der Waals surface area contributed by atoms with Gasteiger partial charge in [-0.3, -0.25) is 24.1 Å². The number of aromatic nitrogens is 1. The van der Waals surface area contributed by atoms with Crippen LogP contribution in [0.5, 0.6) is 0 Å². The molecule has 0 bridgehead atoms. The zero-order valence-electron chi connectivity index (χ0n) is 20.1. The summed E-state index contributed by atoms with van der Waals surface area (Å²) >= 11 is 0. The standard InChI is InChI=1S/C28H30N4O3/c1-20-25(34)15-18-31-26(20)28(35)30(24-13-16-29(17-14-24)21(2)33)19-32(31)27(22-9-5-3-6-10-22)23-11-7-4-8-12-23/h3-12,15,18,24,27H,13-14,16-17,19H2,1-2H3. The van der Waals surface area contributed by atoms with Gasteiger partial charge < -0.3 is 9.80 Å². The summed E-state index contributed by atoms with van der Waals surface area (Å²) in [6.07, 6.45) is 3.16. The van der Waals surface area contributed by atoms with Crippen LogP contribution >= 0.6 is 0 Å². The van der Waals surface area contributed by atoms with Crippen molar-refractivity contribution in [1.82, 2.24) is 14.5 Å². The lowest BCUT2D eigenvalue weighted by Gasteiger charge is -2.48. The lowest BCUT2D eigenvalue weighted by Crippen LogP contribution is -2.60. The Morgan fingerprint density at radius 3 is 2.00 bits per heavy atom. The van der Waals surface area contributed by atoms with Gasteiger partial charge in [-0.15, -0.1) is 0 Å². The molecule has 0 atom stereocenters. The van der Waals surface area contributed by atoms with Crippen molar-refractivity contribution in [1.29, 1.82) is 0 Å². The molecular formula is C28H30N4O3. The summed E-state index contributed by atoms with van der Waals surface area (Å²) in [4.78, 5) is 42.0. The average Bonchev–Trinajstić information content (AvgIpc) is 2.89. The van der Waals surface area contributed by atoms with Gasteiger partial charge in [-0.25, -0.2) is 0 Å². The van der Waals surface area contributed by atoms with E-state index < -0.39 is 0 Å². The van der Waals surface area contributed by atoms with Crippen LogP contribution in [0.15, 0.2) is 77.7 Å². The van der Waals surface area contributed by atoms with Gasteiger partial charge in [0.15, 0.2) is 5.43 Å². The lowest BCUT2D eigenvalue weighted by atomic mass is 9.97. The molecule has 1 aromatic heterocycles. The number of nitrogens with zero attached hydrogens (tertiary/aromatic N) is 4. The molecule has 0 N–H and O–H groups in total. The summed E-state index contributed by atoms with van der Waals surface area (Å²) in [6, 6.07) is 21.8. The van der Waals surface area contributed by atoms with Crippen LogP contribution in [0.1, 0.15) is 53.0 Å². The van der Waals surface area contributed by atoms with Crippen LogP contribution in [0.3, 0.4) is 0 Å². The highest BCUT2D eigenvalue weighted by atomic mass is 16.2. The number of amides is 2. The Hall–Kier alpha value is -3.87. The van der Waals surface area contributed by atoms with E-state index in [0.29, 0.717) is 31.0 Å². The third-order valence-corrected chi connectivity index (χ3v) is 7.24. The van der Waals surface area contributed by atoms with Crippen molar-refractivity contribution in [2.45, 2.75) is 38.8 Å². The molecule has 3 aromatic rings. The van der Waals surface area contributed by atoms with Crippen LogP contribution in [-0.4, -0.2) is 52.1 Å². The Morgan fingerprint density at radius 1 is 0.886 bits per heavy atom. The van der Waals surface area contributed by atoms with Crippen LogP contribution < -0.4 is 10.4 Å². The molecule has 5 rings (SSSR count). The molecule has 3 heterocycles. The van der Waals surface area contributed by atoms with Gasteiger partial charge in [0, 0.05) is 43.9 Å². The maximum atomic E-state index is 13.8. The first kappa shape index (κ1) is 22.9. The van der Waals surface area contributed by atoms with E-state index in [2.05, 4.69) is 29.3 Å². The highest BCUT2D eigenvalue weighted by Gasteiger charge is 2.39. The van der Waals surface area contributed by atoms with E-state index in [0.717, 1.165) is 24.0 Å². The molecule has 7 nitrogen and oxygen atoms in total. The minimum atomic E-state index is -0.161. The lowest BCUT2D eigenvalue weighted by molar-refractivity contribution is -0.130. The second-order valence-corrected chi connectivity index (χ2v) is 9.32. The topological polar surface area (TPSA) is 65.9 Å². The van der Waals surface area contributed by atoms with E-state index >= 15 is 0 Å². The van der Waals surface area contributed by atoms with E-state index in [1.165, 1.54) is 6.07 Å². The fourth-order valence-electron chi connectivity index (χ4n) is 5.31.